The molecule has 0 radical (unpaired) electrons. The largest absolute Gasteiger partial charge is 0.350 e. The van der Waals surface area contributed by atoms with Gasteiger partial charge in [-0.2, -0.15) is 5.10 Å². The Labute approximate surface area is 130 Å². The van der Waals surface area contributed by atoms with E-state index in [9.17, 15) is 4.79 Å². The van der Waals surface area contributed by atoms with Gasteiger partial charge in [-0.3, -0.25) is 9.48 Å². The van der Waals surface area contributed by atoms with Crippen molar-refractivity contribution in [3.05, 3.63) is 17.5 Å². The molecular weight excluding hydrogens is 318 g/mol. The summed E-state index contributed by atoms with van der Waals surface area (Å²) in [5.41, 5.74) is 1.75. The van der Waals surface area contributed by atoms with E-state index in [1.54, 1.807) is 4.68 Å². The second-order valence-electron chi connectivity index (χ2n) is 5.83. The summed E-state index contributed by atoms with van der Waals surface area (Å²) in [5.74, 6) is -0.0223. The number of hydrogen-bond donors (Lipinski definition) is 1. The zero-order valence-corrected chi connectivity index (χ0v) is 14.6. The van der Waals surface area contributed by atoms with Crippen LogP contribution in [0.15, 0.2) is 6.07 Å². The number of nitrogens with zero attached hydrogens (tertiary/aromatic N) is 2. The van der Waals surface area contributed by atoms with Crippen LogP contribution in [-0.4, -0.2) is 27.6 Å². The lowest BCUT2D eigenvalue weighted by molar-refractivity contribution is 0.0924. The molecule has 1 rings (SSSR count). The van der Waals surface area contributed by atoms with Crippen molar-refractivity contribution in [3.8, 4) is 0 Å². The molecule has 0 bridgehead atoms. The van der Waals surface area contributed by atoms with Crippen LogP contribution in [0.25, 0.3) is 0 Å². The van der Waals surface area contributed by atoms with Gasteiger partial charge in [0.05, 0.1) is 5.69 Å². The van der Waals surface area contributed by atoms with Crippen LogP contribution in [0.5, 0.6) is 0 Å². The van der Waals surface area contributed by atoms with Gasteiger partial charge in [0.25, 0.3) is 5.91 Å². The predicted molar refractivity (Wildman–Crippen MR) is 86.4 cm³/mol. The smallest absolute Gasteiger partial charge is 0.269 e. The second-order valence-corrected chi connectivity index (χ2v) is 6.62. The van der Waals surface area contributed by atoms with Crippen LogP contribution in [0, 0.1) is 5.41 Å². The van der Waals surface area contributed by atoms with Gasteiger partial charge in [-0.05, 0) is 37.7 Å². The fraction of sp³-hybridized carbons (Fsp3) is 0.733. The van der Waals surface area contributed by atoms with Gasteiger partial charge in [0.1, 0.15) is 5.69 Å². The molecule has 0 saturated carbocycles. The summed E-state index contributed by atoms with van der Waals surface area (Å²) >= 11 is 3.45. The SMILES string of the molecule is CCc1cc(C(=O)NCC(C)(C)CCCBr)n(CC)n1. The summed E-state index contributed by atoms with van der Waals surface area (Å²) in [6, 6.07) is 1.89. The molecule has 0 atom stereocenters. The molecular formula is C15H26BrN3O. The summed E-state index contributed by atoms with van der Waals surface area (Å²) < 4.78 is 1.78. The number of halogens is 1. The lowest BCUT2D eigenvalue weighted by atomic mass is 9.88. The number of nitrogens with one attached hydrogen (secondary N) is 1. The van der Waals surface area contributed by atoms with Gasteiger partial charge in [0.2, 0.25) is 0 Å². The number of aromatic nitrogens is 2. The minimum Gasteiger partial charge on any atom is -0.350 e. The number of alkyl halides is 1. The van der Waals surface area contributed by atoms with Crippen molar-refractivity contribution in [1.29, 1.82) is 0 Å². The quantitative estimate of drug-likeness (QED) is 0.735. The third-order valence-electron chi connectivity index (χ3n) is 3.44. The monoisotopic (exact) mass is 343 g/mol. The standard InChI is InChI=1S/C15H26BrN3O/c1-5-12-10-13(19(6-2)18-12)14(20)17-11-15(3,4)8-7-9-16/h10H,5-9,11H2,1-4H3,(H,17,20). The highest BCUT2D eigenvalue weighted by Crippen LogP contribution is 2.21. The van der Waals surface area contributed by atoms with E-state index in [0.717, 1.165) is 36.8 Å². The summed E-state index contributed by atoms with van der Waals surface area (Å²) in [6.45, 7) is 9.83. The molecule has 0 aliphatic heterocycles. The third kappa shape index (κ3) is 4.93. The van der Waals surface area contributed by atoms with Crippen molar-refractivity contribution in [2.45, 2.75) is 53.5 Å². The Bertz CT molecular complexity index is 440. The number of amides is 1. The minimum absolute atomic E-state index is 0.0223. The Morgan fingerprint density at radius 2 is 2.15 bits per heavy atom. The first-order valence-corrected chi connectivity index (χ1v) is 8.46. The molecule has 0 saturated heterocycles. The van der Waals surface area contributed by atoms with Crippen molar-refractivity contribution in [2.24, 2.45) is 5.41 Å². The van der Waals surface area contributed by atoms with Gasteiger partial charge in [-0.25, -0.2) is 0 Å². The second kappa shape index (κ2) is 7.81. The molecule has 0 unspecified atom stereocenters. The van der Waals surface area contributed by atoms with E-state index in [1.165, 1.54) is 0 Å². The van der Waals surface area contributed by atoms with E-state index in [4.69, 9.17) is 0 Å². The van der Waals surface area contributed by atoms with Crippen LogP contribution < -0.4 is 5.32 Å². The number of rotatable bonds is 8. The van der Waals surface area contributed by atoms with Gasteiger partial charge >= 0.3 is 0 Å². The molecule has 0 aromatic carbocycles. The molecule has 1 heterocycles. The Morgan fingerprint density at radius 3 is 2.70 bits per heavy atom. The number of hydrogen-bond acceptors (Lipinski definition) is 2. The summed E-state index contributed by atoms with van der Waals surface area (Å²) in [4.78, 5) is 12.3. The van der Waals surface area contributed by atoms with Crippen molar-refractivity contribution >= 4 is 21.8 Å². The summed E-state index contributed by atoms with van der Waals surface area (Å²) in [5, 5.41) is 8.46. The molecule has 4 nitrogen and oxygen atoms in total. The fourth-order valence-corrected chi connectivity index (χ4v) is 2.39. The van der Waals surface area contributed by atoms with Crippen LogP contribution in [0.1, 0.15) is 56.7 Å². The van der Waals surface area contributed by atoms with E-state index in [0.29, 0.717) is 12.2 Å². The van der Waals surface area contributed by atoms with Crippen molar-refractivity contribution < 1.29 is 4.79 Å². The molecule has 0 aliphatic rings. The summed E-state index contributed by atoms with van der Waals surface area (Å²) in [7, 11) is 0. The Morgan fingerprint density at radius 1 is 1.45 bits per heavy atom. The van der Waals surface area contributed by atoms with Crippen molar-refractivity contribution in [1.82, 2.24) is 15.1 Å². The average Bonchev–Trinajstić information content (AvgIpc) is 2.86. The normalized spacial score (nSPS) is 11.7. The first-order valence-electron chi connectivity index (χ1n) is 7.34. The van der Waals surface area contributed by atoms with E-state index in [-0.39, 0.29) is 11.3 Å². The van der Waals surface area contributed by atoms with Crippen molar-refractivity contribution in [2.75, 3.05) is 11.9 Å². The highest BCUT2D eigenvalue weighted by molar-refractivity contribution is 9.09. The van der Waals surface area contributed by atoms with Crippen LogP contribution in [0.3, 0.4) is 0 Å². The lowest BCUT2D eigenvalue weighted by Crippen LogP contribution is -2.35. The Balaban J connectivity index is 2.64. The van der Waals surface area contributed by atoms with Crippen molar-refractivity contribution in [3.63, 3.8) is 0 Å². The molecule has 114 valence electrons. The third-order valence-corrected chi connectivity index (χ3v) is 4.00. The molecule has 1 amide bonds. The topological polar surface area (TPSA) is 46.9 Å². The van der Waals surface area contributed by atoms with E-state index >= 15 is 0 Å². The molecule has 0 aliphatic carbocycles. The van der Waals surface area contributed by atoms with Gasteiger partial charge in [-0.15, -0.1) is 0 Å². The zero-order chi connectivity index (χ0) is 15.2. The molecule has 1 aromatic heterocycles. The number of carbonyl (C=O) groups is 1. The molecule has 0 fully saturated rings. The van der Waals surface area contributed by atoms with Crippen LogP contribution in [0.2, 0.25) is 0 Å². The van der Waals surface area contributed by atoms with Crippen LogP contribution >= 0.6 is 15.9 Å². The fourth-order valence-electron chi connectivity index (χ4n) is 2.11. The van der Waals surface area contributed by atoms with Gasteiger partial charge in [-0.1, -0.05) is 36.7 Å². The lowest BCUT2D eigenvalue weighted by Gasteiger charge is -2.24. The number of carbonyl (C=O) groups excluding carboxylic acids is 1. The van der Waals surface area contributed by atoms with Crippen LogP contribution in [0.4, 0.5) is 0 Å². The first-order chi connectivity index (χ1) is 9.43. The zero-order valence-electron chi connectivity index (χ0n) is 13.0. The predicted octanol–water partition coefficient (Wildman–Crippen LogP) is 3.40. The van der Waals surface area contributed by atoms with E-state index in [2.05, 4.69) is 40.2 Å². The van der Waals surface area contributed by atoms with Crippen LogP contribution in [-0.2, 0) is 13.0 Å². The maximum absolute atomic E-state index is 12.3. The highest BCUT2D eigenvalue weighted by atomic mass is 79.9. The maximum atomic E-state index is 12.3. The highest BCUT2D eigenvalue weighted by Gasteiger charge is 2.20. The number of aryl methyl sites for hydroxylation is 2. The first kappa shape index (κ1) is 17.2. The average molecular weight is 344 g/mol. The molecule has 0 spiro atoms. The minimum atomic E-state index is -0.0223. The Hall–Kier alpha value is -0.840. The summed E-state index contributed by atoms with van der Waals surface area (Å²) in [6.07, 6.45) is 3.06. The Kier molecular flexibility index (Phi) is 6.72. The molecule has 1 N–H and O–H groups in total. The molecule has 20 heavy (non-hydrogen) atoms. The van der Waals surface area contributed by atoms with E-state index in [1.807, 2.05) is 19.9 Å². The van der Waals surface area contributed by atoms with Gasteiger partial charge in [0, 0.05) is 18.4 Å². The van der Waals surface area contributed by atoms with Gasteiger partial charge in [0.15, 0.2) is 0 Å². The van der Waals surface area contributed by atoms with E-state index < -0.39 is 0 Å². The van der Waals surface area contributed by atoms with Gasteiger partial charge < -0.3 is 5.32 Å². The molecule has 5 heteroatoms. The maximum Gasteiger partial charge on any atom is 0.269 e. The molecule has 1 aromatic rings.